The summed E-state index contributed by atoms with van der Waals surface area (Å²) in [4.78, 5) is 13.1. The van der Waals surface area contributed by atoms with Gasteiger partial charge in [-0.05, 0) is 48.7 Å². The molecule has 1 aliphatic heterocycles. The van der Waals surface area contributed by atoms with E-state index in [-0.39, 0.29) is 28.6 Å². The quantitative estimate of drug-likeness (QED) is 0.538. The number of carbonyl (C=O) groups is 1. The van der Waals surface area contributed by atoms with Crippen LogP contribution in [-0.2, 0) is 21.1 Å². The van der Waals surface area contributed by atoms with E-state index in [0.29, 0.717) is 24.4 Å². The normalized spacial score (nSPS) is 18.5. The molecular weight excluding hydrogens is 434 g/mol. The van der Waals surface area contributed by atoms with Crippen LogP contribution in [0.1, 0.15) is 28.7 Å². The summed E-state index contributed by atoms with van der Waals surface area (Å²) in [6.45, 7) is 1.99. The van der Waals surface area contributed by atoms with Crippen molar-refractivity contribution in [3.05, 3.63) is 71.6 Å². The third-order valence-corrected chi connectivity index (χ3v) is 8.04. The van der Waals surface area contributed by atoms with Gasteiger partial charge in [-0.1, -0.05) is 48.0 Å². The van der Waals surface area contributed by atoms with Crippen LogP contribution in [0.2, 0.25) is 0 Å². The van der Waals surface area contributed by atoms with Crippen LogP contribution >= 0.6 is 11.8 Å². The van der Waals surface area contributed by atoms with Crippen molar-refractivity contribution < 1.29 is 17.6 Å². The fraction of sp³-hybridized carbons (Fsp3) is 0.318. The maximum Gasteiger partial charge on any atom is 0.277 e. The van der Waals surface area contributed by atoms with Gasteiger partial charge >= 0.3 is 0 Å². The Morgan fingerprint density at radius 1 is 1.16 bits per heavy atom. The number of carbonyl (C=O) groups excluding carboxylic acids is 1. The molecule has 9 heteroatoms. The van der Waals surface area contributed by atoms with Crippen LogP contribution in [0.15, 0.2) is 64.2 Å². The summed E-state index contributed by atoms with van der Waals surface area (Å²) in [6, 6.07) is 17.0. The van der Waals surface area contributed by atoms with Gasteiger partial charge in [0.25, 0.3) is 5.22 Å². The second-order valence-corrected chi connectivity index (χ2v) is 11.0. The molecule has 2 aromatic carbocycles. The van der Waals surface area contributed by atoms with Crippen LogP contribution in [0.3, 0.4) is 0 Å². The van der Waals surface area contributed by atoms with Gasteiger partial charge in [0.05, 0.1) is 11.5 Å². The minimum absolute atomic E-state index is 0.00180. The largest absolute Gasteiger partial charge is 0.416 e. The summed E-state index contributed by atoms with van der Waals surface area (Å²) in [6.07, 6.45) is 1.04. The van der Waals surface area contributed by atoms with E-state index in [1.54, 1.807) is 0 Å². The van der Waals surface area contributed by atoms with E-state index in [4.69, 9.17) is 4.42 Å². The first-order valence-electron chi connectivity index (χ1n) is 10.00. The highest BCUT2D eigenvalue weighted by molar-refractivity contribution is 8.00. The number of aryl methyl sites for hydroxylation is 1. The molecule has 1 amide bonds. The molecule has 2 unspecified atom stereocenters. The molecule has 1 aromatic heterocycles. The smallest absolute Gasteiger partial charge is 0.277 e. The summed E-state index contributed by atoms with van der Waals surface area (Å²) >= 11 is 1.18. The van der Waals surface area contributed by atoms with Gasteiger partial charge < -0.3 is 9.73 Å². The van der Waals surface area contributed by atoms with Gasteiger partial charge in [0.2, 0.25) is 11.8 Å². The Morgan fingerprint density at radius 3 is 2.58 bits per heavy atom. The number of anilines is 1. The molecule has 4 rings (SSSR count). The van der Waals surface area contributed by atoms with Gasteiger partial charge in [0.1, 0.15) is 5.25 Å². The van der Waals surface area contributed by atoms with Crippen molar-refractivity contribution in [3.63, 3.8) is 0 Å². The molecule has 1 aliphatic rings. The number of aromatic nitrogens is 2. The molecule has 0 aliphatic carbocycles. The van der Waals surface area contributed by atoms with Crippen molar-refractivity contribution >= 4 is 33.2 Å². The third-order valence-electron chi connectivity index (χ3n) is 5.12. The number of sulfone groups is 1. The molecule has 1 N–H and O–H groups in total. The first-order valence-corrected chi connectivity index (χ1v) is 12.7. The highest BCUT2D eigenvalue weighted by atomic mass is 32.2. The molecule has 3 aromatic rings. The van der Waals surface area contributed by atoms with E-state index in [9.17, 15) is 13.2 Å². The van der Waals surface area contributed by atoms with Gasteiger partial charge in [0.15, 0.2) is 9.84 Å². The molecule has 7 nitrogen and oxygen atoms in total. The van der Waals surface area contributed by atoms with Gasteiger partial charge in [-0.15, -0.1) is 10.2 Å². The van der Waals surface area contributed by atoms with Crippen LogP contribution in [0, 0.1) is 12.8 Å². The molecule has 162 valence electrons. The van der Waals surface area contributed by atoms with Crippen molar-refractivity contribution in [2.24, 2.45) is 5.92 Å². The highest BCUT2D eigenvalue weighted by Crippen LogP contribution is 2.36. The van der Waals surface area contributed by atoms with Crippen LogP contribution in [-0.4, -0.2) is 36.0 Å². The van der Waals surface area contributed by atoms with Crippen molar-refractivity contribution in [1.82, 2.24) is 10.2 Å². The molecule has 1 saturated heterocycles. The Morgan fingerprint density at radius 2 is 1.90 bits per heavy atom. The maximum atomic E-state index is 13.1. The Kier molecular flexibility index (Phi) is 6.43. The lowest BCUT2D eigenvalue weighted by molar-refractivity contribution is -0.115. The van der Waals surface area contributed by atoms with Crippen LogP contribution in [0.25, 0.3) is 0 Å². The van der Waals surface area contributed by atoms with Crippen LogP contribution in [0.4, 0.5) is 5.69 Å². The lowest BCUT2D eigenvalue weighted by Crippen LogP contribution is -2.19. The first kappa shape index (κ1) is 21.6. The number of nitrogens with zero attached hydrogens (tertiary/aromatic N) is 2. The number of benzene rings is 2. The zero-order valence-corrected chi connectivity index (χ0v) is 18.7. The molecule has 2 heterocycles. The summed E-state index contributed by atoms with van der Waals surface area (Å²) in [5.41, 5.74) is 2.64. The van der Waals surface area contributed by atoms with E-state index in [1.165, 1.54) is 11.8 Å². The minimum Gasteiger partial charge on any atom is -0.416 e. The van der Waals surface area contributed by atoms with Gasteiger partial charge in [-0.2, -0.15) is 0 Å². The first-order chi connectivity index (χ1) is 14.9. The van der Waals surface area contributed by atoms with Crippen molar-refractivity contribution in [2.45, 2.75) is 30.2 Å². The number of hydrogen-bond donors (Lipinski definition) is 1. The summed E-state index contributed by atoms with van der Waals surface area (Å²) in [5, 5.41) is 10.8. The van der Waals surface area contributed by atoms with Crippen LogP contribution in [0.5, 0.6) is 0 Å². The minimum atomic E-state index is -2.96. The van der Waals surface area contributed by atoms with Crippen LogP contribution < -0.4 is 5.32 Å². The predicted molar refractivity (Wildman–Crippen MR) is 120 cm³/mol. The van der Waals surface area contributed by atoms with E-state index < -0.39 is 15.1 Å². The zero-order valence-electron chi connectivity index (χ0n) is 17.0. The summed E-state index contributed by atoms with van der Waals surface area (Å²) < 4.78 is 29.1. The SMILES string of the molecule is Cc1ccc(NC(=O)C(Sc2nnc(CC3CCS(=O)(=O)C3)o2)c2ccccc2)cc1. The monoisotopic (exact) mass is 457 g/mol. The molecule has 0 radical (unpaired) electrons. The van der Waals surface area contributed by atoms with Gasteiger partial charge in [-0.3, -0.25) is 4.79 Å². The maximum absolute atomic E-state index is 13.1. The van der Waals surface area contributed by atoms with Gasteiger partial charge in [0, 0.05) is 12.1 Å². The highest BCUT2D eigenvalue weighted by Gasteiger charge is 2.30. The van der Waals surface area contributed by atoms with E-state index in [2.05, 4.69) is 15.5 Å². The molecule has 0 saturated carbocycles. The zero-order chi connectivity index (χ0) is 21.8. The summed E-state index contributed by atoms with van der Waals surface area (Å²) in [5.74, 6) is 0.571. The number of hydrogen-bond acceptors (Lipinski definition) is 7. The van der Waals surface area contributed by atoms with Crippen molar-refractivity contribution in [2.75, 3.05) is 16.8 Å². The fourth-order valence-corrected chi connectivity index (χ4v) is 6.25. The molecule has 0 bridgehead atoms. The lowest BCUT2D eigenvalue weighted by Gasteiger charge is -2.15. The molecule has 0 spiro atoms. The average molecular weight is 458 g/mol. The Bertz CT molecular complexity index is 1150. The summed E-state index contributed by atoms with van der Waals surface area (Å²) in [7, 11) is -2.96. The number of rotatable bonds is 7. The second kappa shape index (κ2) is 9.23. The Hall–Kier alpha value is -2.65. The topological polar surface area (TPSA) is 102 Å². The van der Waals surface area contributed by atoms with E-state index in [0.717, 1.165) is 11.1 Å². The standard InChI is InChI=1S/C22H23N3O4S2/c1-15-7-9-18(10-8-15)23-21(26)20(17-5-3-2-4-6-17)30-22-25-24-19(29-22)13-16-11-12-31(27,28)14-16/h2-10,16,20H,11-14H2,1H3,(H,23,26). The van der Waals surface area contributed by atoms with E-state index in [1.807, 2.05) is 61.5 Å². The fourth-order valence-electron chi connectivity index (χ4n) is 3.49. The molecule has 1 fully saturated rings. The van der Waals surface area contributed by atoms with Gasteiger partial charge in [-0.25, -0.2) is 8.42 Å². The van der Waals surface area contributed by atoms with E-state index >= 15 is 0 Å². The predicted octanol–water partition coefficient (Wildman–Crippen LogP) is 3.83. The second-order valence-electron chi connectivity index (χ2n) is 7.70. The lowest BCUT2D eigenvalue weighted by atomic mass is 10.1. The molecular formula is C22H23N3O4S2. The molecule has 31 heavy (non-hydrogen) atoms. The third kappa shape index (κ3) is 5.74. The Balaban J connectivity index is 1.48. The molecule has 2 atom stereocenters. The van der Waals surface area contributed by atoms with Crippen molar-refractivity contribution in [3.8, 4) is 0 Å². The van der Waals surface area contributed by atoms with Crippen molar-refractivity contribution in [1.29, 1.82) is 0 Å². The number of nitrogens with one attached hydrogen (secondary N) is 1. The number of amides is 1. The Labute approximate surface area is 185 Å². The number of thioether (sulfide) groups is 1. The average Bonchev–Trinajstić information content (AvgIpc) is 3.34.